The Morgan fingerprint density at radius 2 is 1.76 bits per heavy atom. The van der Waals surface area contributed by atoms with Crippen molar-refractivity contribution < 1.29 is 8.91 Å². The SMILES string of the molecule is Nc1noc(-c2ccc(F)c(Br)c2)c1-c1ccc(Cl)cc1. The van der Waals surface area contributed by atoms with Gasteiger partial charge < -0.3 is 10.3 Å². The molecular formula is C15H9BrClFN2O. The fraction of sp³-hybridized carbons (Fsp3) is 0. The molecule has 0 aliphatic heterocycles. The summed E-state index contributed by atoms with van der Waals surface area (Å²) in [5, 5.41) is 4.43. The topological polar surface area (TPSA) is 52.0 Å². The van der Waals surface area contributed by atoms with Crippen LogP contribution in [0, 0.1) is 5.82 Å². The van der Waals surface area contributed by atoms with Crippen molar-refractivity contribution in [2.75, 3.05) is 5.73 Å². The summed E-state index contributed by atoms with van der Waals surface area (Å²) in [4.78, 5) is 0. The zero-order chi connectivity index (χ0) is 15.0. The first kappa shape index (κ1) is 14.1. The lowest BCUT2D eigenvalue weighted by atomic mass is 10.0. The van der Waals surface area contributed by atoms with Gasteiger partial charge in [-0.2, -0.15) is 0 Å². The molecule has 2 N–H and O–H groups in total. The van der Waals surface area contributed by atoms with Gasteiger partial charge in [-0.05, 0) is 51.8 Å². The van der Waals surface area contributed by atoms with Crippen molar-refractivity contribution in [1.82, 2.24) is 5.16 Å². The number of hydrogen-bond acceptors (Lipinski definition) is 3. The molecule has 2 aromatic carbocycles. The van der Waals surface area contributed by atoms with Crippen LogP contribution in [0.1, 0.15) is 0 Å². The van der Waals surface area contributed by atoms with E-state index in [1.54, 1.807) is 24.3 Å². The van der Waals surface area contributed by atoms with E-state index in [2.05, 4.69) is 21.1 Å². The van der Waals surface area contributed by atoms with Crippen molar-refractivity contribution in [2.24, 2.45) is 0 Å². The average Bonchev–Trinajstić information content (AvgIpc) is 2.85. The molecule has 0 saturated heterocycles. The van der Waals surface area contributed by atoms with Crippen LogP contribution in [0.2, 0.25) is 5.02 Å². The van der Waals surface area contributed by atoms with Gasteiger partial charge in [0, 0.05) is 10.6 Å². The zero-order valence-electron chi connectivity index (χ0n) is 10.6. The Morgan fingerprint density at radius 3 is 2.43 bits per heavy atom. The van der Waals surface area contributed by atoms with Gasteiger partial charge in [0.2, 0.25) is 0 Å². The first-order chi connectivity index (χ1) is 10.1. The van der Waals surface area contributed by atoms with Crippen molar-refractivity contribution in [1.29, 1.82) is 0 Å². The molecule has 3 aromatic rings. The van der Waals surface area contributed by atoms with Crippen LogP contribution in [0.5, 0.6) is 0 Å². The van der Waals surface area contributed by atoms with Crippen LogP contribution in [0.4, 0.5) is 10.2 Å². The molecule has 6 heteroatoms. The first-order valence-corrected chi connectivity index (χ1v) is 7.20. The molecule has 21 heavy (non-hydrogen) atoms. The smallest absolute Gasteiger partial charge is 0.176 e. The minimum Gasteiger partial charge on any atom is -0.380 e. The lowest BCUT2D eigenvalue weighted by Crippen LogP contribution is -1.89. The van der Waals surface area contributed by atoms with Crippen molar-refractivity contribution in [3.63, 3.8) is 0 Å². The number of anilines is 1. The van der Waals surface area contributed by atoms with Crippen molar-refractivity contribution >= 4 is 33.3 Å². The quantitative estimate of drug-likeness (QED) is 0.682. The number of rotatable bonds is 2. The fourth-order valence-corrected chi connectivity index (χ4v) is 2.54. The highest BCUT2D eigenvalue weighted by molar-refractivity contribution is 9.10. The van der Waals surface area contributed by atoms with Crippen LogP contribution in [-0.2, 0) is 0 Å². The van der Waals surface area contributed by atoms with Crippen LogP contribution < -0.4 is 5.73 Å². The molecule has 0 spiro atoms. The summed E-state index contributed by atoms with van der Waals surface area (Å²) >= 11 is 9.04. The van der Waals surface area contributed by atoms with Crippen molar-refractivity contribution in [3.05, 3.63) is 57.8 Å². The van der Waals surface area contributed by atoms with E-state index in [-0.39, 0.29) is 11.6 Å². The van der Waals surface area contributed by atoms with E-state index in [0.717, 1.165) is 5.56 Å². The third-order valence-corrected chi connectivity index (χ3v) is 3.89. The summed E-state index contributed by atoms with van der Waals surface area (Å²) in [7, 11) is 0. The molecule has 0 saturated carbocycles. The number of aromatic nitrogens is 1. The fourth-order valence-electron chi connectivity index (χ4n) is 2.03. The molecule has 0 radical (unpaired) electrons. The van der Waals surface area contributed by atoms with Gasteiger partial charge in [0.05, 0.1) is 10.0 Å². The largest absolute Gasteiger partial charge is 0.380 e. The predicted octanol–water partition coefficient (Wildman–Crippen LogP) is 5.15. The molecule has 0 aliphatic carbocycles. The zero-order valence-corrected chi connectivity index (χ0v) is 13.0. The molecule has 3 rings (SSSR count). The van der Waals surface area contributed by atoms with Crippen LogP contribution in [0.25, 0.3) is 22.5 Å². The number of hydrogen-bond donors (Lipinski definition) is 1. The molecule has 0 amide bonds. The highest BCUT2D eigenvalue weighted by Crippen LogP contribution is 2.38. The Labute approximate surface area is 133 Å². The van der Waals surface area contributed by atoms with E-state index < -0.39 is 0 Å². The normalized spacial score (nSPS) is 10.8. The number of nitrogen functional groups attached to an aromatic ring is 1. The van der Waals surface area contributed by atoms with E-state index in [4.69, 9.17) is 21.9 Å². The second-order valence-corrected chi connectivity index (χ2v) is 5.70. The Kier molecular flexibility index (Phi) is 3.69. The van der Waals surface area contributed by atoms with Gasteiger partial charge in [0.25, 0.3) is 0 Å². The maximum atomic E-state index is 13.4. The van der Waals surface area contributed by atoms with Crippen LogP contribution in [-0.4, -0.2) is 5.16 Å². The third kappa shape index (κ3) is 2.66. The number of benzene rings is 2. The number of halogens is 3. The van der Waals surface area contributed by atoms with Gasteiger partial charge in [-0.3, -0.25) is 0 Å². The maximum Gasteiger partial charge on any atom is 0.176 e. The highest BCUT2D eigenvalue weighted by atomic mass is 79.9. The lowest BCUT2D eigenvalue weighted by Gasteiger charge is -2.04. The monoisotopic (exact) mass is 366 g/mol. The van der Waals surface area contributed by atoms with Crippen molar-refractivity contribution in [3.8, 4) is 22.5 Å². The molecular weight excluding hydrogens is 359 g/mol. The molecule has 1 heterocycles. The predicted molar refractivity (Wildman–Crippen MR) is 84.5 cm³/mol. The summed E-state index contributed by atoms with van der Waals surface area (Å²) in [6.45, 7) is 0. The van der Waals surface area contributed by atoms with Gasteiger partial charge in [0.1, 0.15) is 5.82 Å². The molecule has 0 fully saturated rings. The van der Waals surface area contributed by atoms with E-state index in [9.17, 15) is 4.39 Å². The lowest BCUT2D eigenvalue weighted by molar-refractivity contribution is 0.436. The minimum atomic E-state index is -0.348. The first-order valence-electron chi connectivity index (χ1n) is 6.03. The Bertz CT molecular complexity index is 802. The number of nitrogens with two attached hydrogens (primary N) is 1. The summed E-state index contributed by atoms with van der Waals surface area (Å²) in [5.41, 5.74) is 8.06. The van der Waals surface area contributed by atoms with Crippen molar-refractivity contribution in [2.45, 2.75) is 0 Å². The van der Waals surface area contributed by atoms with E-state index in [1.165, 1.54) is 6.07 Å². The van der Waals surface area contributed by atoms with Crippen LogP contribution >= 0.6 is 27.5 Å². The number of nitrogens with zero attached hydrogens (tertiary/aromatic N) is 1. The third-order valence-electron chi connectivity index (χ3n) is 3.03. The van der Waals surface area contributed by atoms with E-state index in [1.807, 2.05) is 12.1 Å². The van der Waals surface area contributed by atoms with E-state index in [0.29, 0.717) is 26.4 Å². The second kappa shape index (κ2) is 5.50. The summed E-state index contributed by atoms with van der Waals surface area (Å²) in [6, 6.07) is 11.7. The Balaban J connectivity index is 2.16. The molecule has 0 unspecified atom stereocenters. The molecule has 1 aromatic heterocycles. The van der Waals surface area contributed by atoms with Crippen LogP contribution in [0.3, 0.4) is 0 Å². The van der Waals surface area contributed by atoms with Crippen LogP contribution in [0.15, 0.2) is 51.5 Å². The molecule has 0 bridgehead atoms. The Hall–Kier alpha value is -1.85. The highest BCUT2D eigenvalue weighted by Gasteiger charge is 2.18. The average molecular weight is 368 g/mol. The Morgan fingerprint density at radius 1 is 1.10 bits per heavy atom. The molecule has 106 valence electrons. The summed E-state index contributed by atoms with van der Waals surface area (Å²) in [6.07, 6.45) is 0. The van der Waals surface area contributed by atoms with E-state index >= 15 is 0 Å². The van der Waals surface area contributed by atoms with Gasteiger partial charge in [0.15, 0.2) is 11.6 Å². The summed E-state index contributed by atoms with van der Waals surface area (Å²) < 4.78 is 19.0. The van der Waals surface area contributed by atoms with Gasteiger partial charge in [-0.1, -0.05) is 28.9 Å². The molecule has 0 atom stereocenters. The summed E-state index contributed by atoms with van der Waals surface area (Å²) in [5.74, 6) is 0.405. The van der Waals surface area contributed by atoms with Gasteiger partial charge in [-0.15, -0.1) is 0 Å². The molecule has 0 aliphatic rings. The second-order valence-electron chi connectivity index (χ2n) is 4.41. The van der Waals surface area contributed by atoms with Gasteiger partial charge >= 0.3 is 0 Å². The molecule has 3 nitrogen and oxygen atoms in total. The van der Waals surface area contributed by atoms with Gasteiger partial charge in [-0.25, -0.2) is 4.39 Å². The maximum absolute atomic E-state index is 13.4. The standard InChI is InChI=1S/C15H9BrClFN2O/c16-11-7-9(3-6-12(11)18)14-13(15(19)20-21-14)8-1-4-10(17)5-2-8/h1-7H,(H2,19,20). The minimum absolute atomic E-state index is 0.271.